The van der Waals surface area contributed by atoms with E-state index in [-0.39, 0.29) is 28.7 Å². The van der Waals surface area contributed by atoms with Crippen molar-refractivity contribution >= 4 is 64.8 Å². The molecule has 4 rings (SSSR count). The predicted octanol–water partition coefficient (Wildman–Crippen LogP) is 5.86. The van der Waals surface area contributed by atoms with Crippen LogP contribution in [0.5, 0.6) is 0 Å². The van der Waals surface area contributed by atoms with Crippen molar-refractivity contribution in [2.24, 2.45) is 21.9 Å². The largest absolute Gasteiger partial charge is 0.442 e. The van der Waals surface area contributed by atoms with E-state index < -0.39 is 107 Å². The molecule has 3 atom stereocenters. The highest BCUT2D eigenvalue weighted by Crippen LogP contribution is 2.63. The Balaban J connectivity index is 1.69. The van der Waals surface area contributed by atoms with Crippen LogP contribution < -0.4 is 22.3 Å². The lowest BCUT2D eigenvalue weighted by atomic mass is 9.95. The van der Waals surface area contributed by atoms with Gasteiger partial charge in [-0.15, -0.1) is 10.2 Å². The van der Waals surface area contributed by atoms with Crippen LogP contribution in [0, 0.1) is 0 Å². The molecule has 3 aromatic rings. The Morgan fingerprint density at radius 3 is 1.74 bits per heavy atom. The highest BCUT2D eigenvalue weighted by Gasteiger charge is 2.65. The summed E-state index contributed by atoms with van der Waals surface area (Å²) in [6.45, 7) is 1.58. The van der Waals surface area contributed by atoms with Crippen LogP contribution in [-0.4, -0.2) is 50.7 Å². The van der Waals surface area contributed by atoms with Crippen molar-refractivity contribution < 1.29 is 73.6 Å². The Labute approximate surface area is 333 Å². The molecule has 1 unspecified atom stereocenters. The minimum atomic E-state index is -6.02. The summed E-state index contributed by atoms with van der Waals surface area (Å²) in [7, 11) is -11.7. The lowest BCUT2D eigenvalue weighted by Gasteiger charge is -2.24. The van der Waals surface area contributed by atoms with Gasteiger partial charge in [0.05, 0.1) is 0 Å². The van der Waals surface area contributed by atoms with Crippen LogP contribution in [0.25, 0.3) is 0 Å². The van der Waals surface area contributed by atoms with E-state index in [4.69, 9.17) is 5.73 Å². The second kappa shape index (κ2) is 16.6. The number of hydrogen-bond donors (Lipinski definition) is 7. The molecule has 0 radical (unpaired) electrons. The van der Waals surface area contributed by atoms with Crippen LogP contribution in [0.15, 0.2) is 73.8 Å². The Morgan fingerprint density at radius 1 is 0.807 bits per heavy atom. The number of hydrogen-bond acceptors (Lipinski definition) is 9. The third kappa shape index (κ3) is 9.66. The highest BCUT2D eigenvalue weighted by atomic mass is 79.9. The van der Waals surface area contributed by atoms with Gasteiger partial charge in [-0.3, -0.25) is 23.5 Å². The number of alkyl halides is 7. The van der Waals surface area contributed by atoms with E-state index >= 15 is 0 Å². The summed E-state index contributed by atoms with van der Waals surface area (Å²) in [6.07, 6.45) is -5.93. The molecule has 0 spiro atoms. The molecule has 1 heterocycles. The summed E-state index contributed by atoms with van der Waals surface area (Å²) in [5.41, 5.74) is -9.40. The number of nitrogens with one attached hydrogen (secondary N) is 2. The predicted molar refractivity (Wildman–Crippen MR) is 191 cm³/mol. The molecule has 57 heavy (non-hydrogen) atoms. The number of rotatable bonds is 16. The smallest absolute Gasteiger partial charge is 0.368 e. The van der Waals surface area contributed by atoms with Gasteiger partial charge in [-0.05, 0) is 47.4 Å². The van der Waals surface area contributed by atoms with Crippen molar-refractivity contribution in [2.75, 3.05) is 0 Å². The number of benzene rings is 3. The molecule has 0 fully saturated rings. The van der Waals surface area contributed by atoms with Crippen LogP contribution in [0.1, 0.15) is 50.7 Å². The first-order valence-electron chi connectivity index (χ1n) is 15.8. The number of carbonyl (C=O) groups is 3. The van der Waals surface area contributed by atoms with E-state index in [2.05, 4.69) is 63.2 Å². The van der Waals surface area contributed by atoms with Crippen LogP contribution >= 0.6 is 47.1 Å². The van der Waals surface area contributed by atoms with Crippen LogP contribution in [0.3, 0.4) is 0 Å². The molecule has 26 heteroatoms. The fourth-order valence-electron chi connectivity index (χ4n) is 5.32. The Morgan fingerprint density at radius 2 is 1.32 bits per heavy atom. The number of carbonyl (C=O) groups excluding carboxylic acids is 3. The fourth-order valence-corrected chi connectivity index (χ4v) is 8.12. The van der Waals surface area contributed by atoms with Gasteiger partial charge in [-0.25, -0.2) is 10.5 Å². The van der Waals surface area contributed by atoms with Gasteiger partial charge in [0.2, 0.25) is 11.8 Å². The maximum atomic E-state index is 14.7. The summed E-state index contributed by atoms with van der Waals surface area (Å²) in [5, 5.41) is 10.9. The summed E-state index contributed by atoms with van der Waals surface area (Å²) in [6, 6.07) is 4.98. The average molecular weight is 984 g/mol. The number of amides is 3. The lowest BCUT2D eigenvalue weighted by molar-refractivity contribution is -0.166. The second-order valence-corrected chi connectivity index (χ2v) is 17.6. The molecule has 9 N–H and O–H groups in total. The zero-order chi connectivity index (χ0) is 43.1. The summed E-state index contributed by atoms with van der Waals surface area (Å²) >= 11 is 5.65. The number of halogens is 9. The minimum absolute atomic E-state index is 0.0270. The van der Waals surface area contributed by atoms with Crippen LogP contribution in [0.4, 0.5) is 30.7 Å². The van der Waals surface area contributed by atoms with E-state index in [1.54, 1.807) is 6.92 Å². The van der Waals surface area contributed by atoms with Crippen LogP contribution in [0.2, 0.25) is 0 Å². The van der Waals surface area contributed by atoms with Crippen molar-refractivity contribution in [3.8, 4) is 0 Å². The molecule has 0 saturated heterocycles. The molecule has 0 bridgehead atoms. The zero-order valence-corrected chi connectivity index (χ0v) is 33.6. The van der Waals surface area contributed by atoms with Crippen molar-refractivity contribution in [3.63, 3.8) is 0 Å². The van der Waals surface area contributed by atoms with Gasteiger partial charge < -0.3 is 31.0 Å². The first kappa shape index (κ1) is 46.1. The lowest BCUT2D eigenvalue weighted by Crippen LogP contribution is -2.54. The zero-order valence-electron chi connectivity index (χ0n) is 28.6. The molecule has 3 aromatic carbocycles. The highest BCUT2D eigenvalue weighted by molar-refractivity contribution is 9.10. The van der Waals surface area contributed by atoms with E-state index in [1.165, 1.54) is 6.07 Å². The SMILES string of the molecule is CCc1cc(C(=O)N[C@@H](Cc2ccc(C(F)(F)P(=O)(O)O)c(Br)c2)C(=O)N[C@@H](Cc2ccc(C(F)(F)P(=O)(O)ON)c(Br)c2)C(N)=O)cc(C2(C(F)(F)F)N=N2)c1. The third-order valence-electron chi connectivity index (χ3n) is 8.50. The fraction of sp³-hybridized carbons (Fsp3) is 0.323. The van der Waals surface area contributed by atoms with Crippen molar-refractivity contribution in [2.45, 2.75) is 61.4 Å². The number of aryl methyl sites for hydroxylation is 1. The molecule has 0 saturated carbocycles. The number of primary amides is 1. The topological polar surface area (TPSA) is 256 Å². The molecule has 0 aliphatic carbocycles. The maximum absolute atomic E-state index is 14.7. The Hall–Kier alpha value is -3.60. The first-order chi connectivity index (χ1) is 26.1. The van der Waals surface area contributed by atoms with Gasteiger partial charge in [-0.1, -0.05) is 69.1 Å². The summed E-state index contributed by atoms with van der Waals surface area (Å²) < 4.78 is 126. The van der Waals surface area contributed by atoms with E-state index in [1.807, 2.05) is 0 Å². The van der Waals surface area contributed by atoms with Gasteiger partial charge >= 0.3 is 38.4 Å². The quantitative estimate of drug-likeness (QED) is 0.0511. The summed E-state index contributed by atoms with van der Waals surface area (Å²) in [5.74, 6) is 1.05. The first-order valence-corrected chi connectivity index (χ1v) is 20.6. The molecular formula is C31H29Br2F7N6O9P2. The average Bonchev–Trinajstić information content (AvgIpc) is 3.93. The standard InChI is InChI=1S/C31H29Br2F7N6O9P2/c1-2-14-7-17(13-18(8-14)28(45-46-28)31(38,39)40)26(48)44-24(12-16-3-5-19(21(32)10-16)29(34,35)56(50,51)52)27(49)43-23(25(41)47)11-15-4-6-20(22(33)9-15)30(36,37)57(53,54)55-42/h3-10,13,23-24H,2,11-12,42H2,1H3,(H2,41,47)(H,43,49)(H,44,48)(H,53,54)(H2,50,51,52)/t23-,24-/m0/s1. The van der Waals surface area contributed by atoms with E-state index in [0.29, 0.717) is 12.1 Å². The van der Waals surface area contributed by atoms with E-state index in [9.17, 15) is 68.9 Å². The normalized spacial score (nSPS) is 16.3. The molecule has 310 valence electrons. The van der Waals surface area contributed by atoms with Gasteiger partial charge in [0.1, 0.15) is 12.1 Å². The summed E-state index contributed by atoms with van der Waals surface area (Å²) in [4.78, 5) is 67.8. The van der Waals surface area contributed by atoms with E-state index in [0.717, 1.165) is 36.4 Å². The van der Waals surface area contributed by atoms with Gasteiger partial charge in [-0.2, -0.15) is 30.7 Å². The van der Waals surface area contributed by atoms with Gasteiger partial charge in [0.25, 0.3) is 5.91 Å². The number of nitrogens with two attached hydrogens (primary N) is 2. The maximum Gasteiger partial charge on any atom is 0.442 e. The molecule has 1 aliphatic rings. The van der Waals surface area contributed by atoms with Crippen molar-refractivity contribution in [1.29, 1.82) is 0 Å². The van der Waals surface area contributed by atoms with Gasteiger partial charge in [0, 0.05) is 44.0 Å². The number of nitrogens with zero attached hydrogens (tertiary/aromatic N) is 2. The molecule has 15 nitrogen and oxygen atoms in total. The van der Waals surface area contributed by atoms with Gasteiger partial charge in [0.15, 0.2) is 0 Å². The van der Waals surface area contributed by atoms with Crippen molar-refractivity contribution in [3.05, 3.63) is 102 Å². The Bertz CT molecular complexity index is 2220. The monoisotopic (exact) mass is 982 g/mol. The van der Waals surface area contributed by atoms with Crippen molar-refractivity contribution in [1.82, 2.24) is 10.6 Å². The molecule has 1 aliphatic heterocycles. The molecular weight excluding hydrogens is 955 g/mol. The molecule has 3 amide bonds. The molecule has 0 aromatic heterocycles. The van der Waals surface area contributed by atoms with Crippen LogP contribution in [-0.2, 0) is 59.6 Å². The second-order valence-electron chi connectivity index (χ2n) is 12.4. The third-order valence-corrected chi connectivity index (χ3v) is 12.0. The Kier molecular flexibility index (Phi) is 13.4. The minimum Gasteiger partial charge on any atom is -0.368 e.